The maximum Gasteiger partial charge on any atom is 0.282 e. The first-order valence-corrected chi connectivity index (χ1v) is 8.21. The van der Waals surface area contributed by atoms with E-state index in [1.54, 1.807) is 31.4 Å². The van der Waals surface area contributed by atoms with Crippen LogP contribution in [0, 0.1) is 18.3 Å². The SMILES string of the molecule is COc1ccc(C)cc1C[NH+](C)[C@H](C)C(=O)Nc1ccc(C#N)cc1. The summed E-state index contributed by atoms with van der Waals surface area (Å²) >= 11 is 0. The Hall–Kier alpha value is -2.84. The summed E-state index contributed by atoms with van der Waals surface area (Å²) in [5.41, 5.74) is 3.51. The molecule has 0 aliphatic heterocycles. The molecule has 5 heteroatoms. The summed E-state index contributed by atoms with van der Waals surface area (Å²) in [6.07, 6.45) is 0. The van der Waals surface area contributed by atoms with Crippen LogP contribution in [0.15, 0.2) is 42.5 Å². The van der Waals surface area contributed by atoms with Gasteiger partial charge < -0.3 is 15.0 Å². The van der Waals surface area contributed by atoms with Crippen molar-refractivity contribution in [3.05, 3.63) is 59.2 Å². The molecule has 130 valence electrons. The first kappa shape index (κ1) is 18.5. The number of quaternary nitrogens is 1. The van der Waals surface area contributed by atoms with Crippen molar-refractivity contribution < 1.29 is 14.4 Å². The van der Waals surface area contributed by atoms with E-state index in [1.165, 1.54) is 5.56 Å². The average Bonchev–Trinajstić information content (AvgIpc) is 2.61. The van der Waals surface area contributed by atoms with E-state index in [1.807, 2.05) is 33.0 Å². The van der Waals surface area contributed by atoms with Crippen LogP contribution in [0.2, 0.25) is 0 Å². The Balaban J connectivity index is 2.03. The lowest BCUT2D eigenvalue weighted by Gasteiger charge is -2.22. The van der Waals surface area contributed by atoms with Gasteiger partial charge in [0.1, 0.15) is 12.3 Å². The van der Waals surface area contributed by atoms with Gasteiger partial charge in [-0.25, -0.2) is 0 Å². The van der Waals surface area contributed by atoms with Crippen molar-refractivity contribution in [3.8, 4) is 11.8 Å². The van der Waals surface area contributed by atoms with Gasteiger partial charge in [0, 0.05) is 11.3 Å². The molecule has 2 aromatic rings. The van der Waals surface area contributed by atoms with Crippen molar-refractivity contribution in [2.75, 3.05) is 19.5 Å². The van der Waals surface area contributed by atoms with Crippen LogP contribution in [0.25, 0.3) is 0 Å². The maximum atomic E-state index is 12.5. The van der Waals surface area contributed by atoms with Crippen molar-refractivity contribution >= 4 is 11.6 Å². The third kappa shape index (κ3) is 4.82. The van der Waals surface area contributed by atoms with Crippen molar-refractivity contribution in [3.63, 3.8) is 0 Å². The molecule has 0 spiro atoms. The second kappa shape index (κ2) is 8.32. The fourth-order valence-electron chi connectivity index (χ4n) is 2.60. The summed E-state index contributed by atoms with van der Waals surface area (Å²) in [4.78, 5) is 13.6. The summed E-state index contributed by atoms with van der Waals surface area (Å²) in [5.74, 6) is 0.776. The fourth-order valence-corrected chi connectivity index (χ4v) is 2.60. The quantitative estimate of drug-likeness (QED) is 0.846. The summed E-state index contributed by atoms with van der Waals surface area (Å²) < 4.78 is 5.42. The summed E-state index contributed by atoms with van der Waals surface area (Å²) in [5, 5.41) is 11.7. The van der Waals surface area contributed by atoms with Crippen LogP contribution in [0.1, 0.15) is 23.6 Å². The molecule has 0 aliphatic rings. The molecular weight excluding hydrogens is 314 g/mol. The van der Waals surface area contributed by atoms with Crippen LogP contribution < -0.4 is 15.0 Å². The number of nitrogens with one attached hydrogen (secondary N) is 2. The Bertz CT molecular complexity index is 779. The molecule has 0 saturated heterocycles. The lowest BCUT2D eigenvalue weighted by Crippen LogP contribution is -3.12. The Morgan fingerprint density at radius 1 is 1.28 bits per heavy atom. The molecule has 0 radical (unpaired) electrons. The maximum absolute atomic E-state index is 12.5. The number of nitrogens with zero attached hydrogens (tertiary/aromatic N) is 1. The number of nitriles is 1. The molecule has 2 aromatic carbocycles. The minimum absolute atomic E-state index is 0.0613. The zero-order valence-electron chi connectivity index (χ0n) is 15.1. The highest BCUT2D eigenvalue weighted by Gasteiger charge is 2.23. The Morgan fingerprint density at radius 3 is 2.56 bits per heavy atom. The first-order chi connectivity index (χ1) is 11.9. The molecule has 2 N–H and O–H groups in total. The Kier molecular flexibility index (Phi) is 6.15. The van der Waals surface area contributed by atoms with Gasteiger partial charge in [-0.15, -0.1) is 0 Å². The number of benzene rings is 2. The van der Waals surface area contributed by atoms with Crippen molar-refractivity contribution in [1.29, 1.82) is 5.26 Å². The largest absolute Gasteiger partial charge is 0.496 e. The van der Waals surface area contributed by atoms with Crippen LogP contribution in [0.5, 0.6) is 5.75 Å². The summed E-state index contributed by atoms with van der Waals surface area (Å²) in [6.45, 7) is 4.63. The highest BCUT2D eigenvalue weighted by atomic mass is 16.5. The number of methoxy groups -OCH3 is 1. The minimum atomic E-state index is -0.235. The van der Waals surface area contributed by atoms with Gasteiger partial charge in [-0.2, -0.15) is 5.26 Å². The van der Waals surface area contributed by atoms with E-state index in [9.17, 15) is 4.79 Å². The van der Waals surface area contributed by atoms with Gasteiger partial charge in [0.2, 0.25) is 0 Å². The van der Waals surface area contributed by atoms with Crippen LogP contribution in [0.4, 0.5) is 5.69 Å². The van der Waals surface area contributed by atoms with Gasteiger partial charge in [0.15, 0.2) is 6.04 Å². The van der Waals surface area contributed by atoms with E-state index in [2.05, 4.69) is 17.5 Å². The zero-order chi connectivity index (χ0) is 18.4. The lowest BCUT2D eigenvalue weighted by molar-refractivity contribution is -0.907. The number of amides is 1. The number of hydrogen-bond acceptors (Lipinski definition) is 3. The second-order valence-corrected chi connectivity index (χ2v) is 6.24. The number of hydrogen-bond donors (Lipinski definition) is 2. The van der Waals surface area contributed by atoms with Gasteiger partial charge in [-0.05, 0) is 50.2 Å². The third-order valence-electron chi connectivity index (χ3n) is 4.32. The van der Waals surface area contributed by atoms with Crippen molar-refractivity contribution in [1.82, 2.24) is 0 Å². The molecule has 1 amide bonds. The number of carbonyl (C=O) groups is 1. The summed E-state index contributed by atoms with van der Waals surface area (Å²) in [6, 6.07) is 14.7. The monoisotopic (exact) mass is 338 g/mol. The molecule has 25 heavy (non-hydrogen) atoms. The molecular formula is C20H24N3O2+. The molecule has 0 aromatic heterocycles. The third-order valence-corrected chi connectivity index (χ3v) is 4.32. The number of ether oxygens (including phenoxy) is 1. The van der Waals surface area contributed by atoms with E-state index in [0.717, 1.165) is 16.2 Å². The number of rotatable bonds is 6. The van der Waals surface area contributed by atoms with Crippen LogP contribution in [-0.2, 0) is 11.3 Å². The van der Waals surface area contributed by atoms with E-state index in [-0.39, 0.29) is 11.9 Å². The second-order valence-electron chi connectivity index (χ2n) is 6.24. The minimum Gasteiger partial charge on any atom is -0.496 e. The van der Waals surface area contributed by atoms with E-state index >= 15 is 0 Å². The van der Waals surface area contributed by atoms with Gasteiger partial charge >= 0.3 is 0 Å². The zero-order valence-corrected chi connectivity index (χ0v) is 15.1. The van der Waals surface area contributed by atoms with Crippen LogP contribution in [-0.4, -0.2) is 26.1 Å². The van der Waals surface area contributed by atoms with E-state index < -0.39 is 0 Å². The molecule has 0 bridgehead atoms. The Morgan fingerprint density at radius 2 is 1.96 bits per heavy atom. The van der Waals surface area contributed by atoms with Gasteiger partial charge in [0.25, 0.3) is 5.91 Å². The van der Waals surface area contributed by atoms with Gasteiger partial charge in [-0.1, -0.05) is 11.6 Å². The first-order valence-electron chi connectivity index (χ1n) is 8.21. The molecule has 0 heterocycles. The van der Waals surface area contributed by atoms with Gasteiger partial charge in [-0.3, -0.25) is 4.79 Å². The van der Waals surface area contributed by atoms with Crippen molar-refractivity contribution in [2.24, 2.45) is 0 Å². The fraction of sp³-hybridized carbons (Fsp3) is 0.300. The van der Waals surface area contributed by atoms with Crippen LogP contribution in [0.3, 0.4) is 0 Å². The average molecular weight is 338 g/mol. The molecule has 0 saturated carbocycles. The summed E-state index contributed by atoms with van der Waals surface area (Å²) in [7, 11) is 3.65. The standard InChI is InChI=1S/C20H23N3O2/c1-14-5-10-19(25-4)17(11-14)13-23(3)15(2)20(24)22-18-8-6-16(12-21)7-9-18/h5-11,15H,13H2,1-4H3,(H,22,24)/p+1/t15-/m1/s1. The lowest BCUT2D eigenvalue weighted by atomic mass is 10.1. The molecule has 0 fully saturated rings. The normalized spacial score (nSPS) is 12.8. The molecule has 2 rings (SSSR count). The smallest absolute Gasteiger partial charge is 0.282 e. The number of aryl methyl sites for hydroxylation is 1. The number of likely N-dealkylation sites (N-methyl/N-ethyl adjacent to an activating group) is 1. The van der Waals surface area contributed by atoms with Crippen LogP contribution >= 0.6 is 0 Å². The molecule has 2 atom stereocenters. The topological polar surface area (TPSA) is 66.6 Å². The highest BCUT2D eigenvalue weighted by Crippen LogP contribution is 2.18. The number of anilines is 1. The molecule has 0 aliphatic carbocycles. The number of carbonyl (C=O) groups excluding carboxylic acids is 1. The van der Waals surface area contributed by atoms with Crippen molar-refractivity contribution in [2.45, 2.75) is 26.4 Å². The van der Waals surface area contributed by atoms with E-state index in [0.29, 0.717) is 17.8 Å². The predicted octanol–water partition coefficient (Wildman–Crippen LogP) is 1.92. The Labute approximate surface area is 148 Å². The van der Waals surface area contributed by atoms with Gasteiger partial charge in [0.05, 0.1) is 25.8 Å². The predicted molar refractivity (Wildman–Crippen MR) is 97.6 cm³/mol. The highest BCUT2D eigenvalue weighted by molar-refractivity contribution is 5.93. The molecule has 5 nitrogen and oxygen atoms in total. The molecule has 1 unspecified atom stereocenters. The van der Waals surface area contributed by atoms with E-state index in [4.69, 9.17) is 10.00 Å².